The Hall–Kier alpha value is -2.95. The van der Waals surface area contributed by atoms with Crippen LogP contribution in [-0.2, 0) is 19.6 Å². The maximum atomic E-state index is 12.7. The Morgan fingerprint density at radius 2 is 1.87 bits per heavy atom. The standard InChI is InChI=1S/C28H33ClN6O2S/c1-2-35-18-25(32-28(37)30-16-20-3-6-22(29)7-4-20)24-15-21(5-8-26(24)35)27-31-23(19-38-27)17-34-11-9-33(10-12-34)13-14-36/h3-8,15,18-19,36H,2,9-14,16-17H2,1H3,(H2,30,32,37). The molecule has 3 heterocycles. The molecule has 8 nitrogen and oxygen atoms in total. The number of nitrogens with one attached hydrogen (secondary N) is 2. The van der Waals surface area contributed by atoms with Gasteiger partial charge in [0, 0.05) is 79.9 Å². The molecule has 38 heavy (non-hydrogen) atoms. The van der Waals surface area contributed by atoms with Crippen molar-refractivity contribution in [3.63, 3.8) is 0 Å². The molecule has 0 unspecified atom stereocenters. The Bertz CT molecular complexity index is 1380. The van der Waals surface area contributed by atoms with E-state index in [0.717, 1.165) is 84.2 Å². The van der Waals surface area contributed by atoms with Crippen molar-refractivity contribution in [3.05, 3.63) is 70.3 Å². The van der Waals surface area contributed by atoms with Crippen molar-refractivity contribution in [2.24, 2.45) is 0 Å². The highest BCUT2D eigenvalue weighted by molar-refractivity contribution is 7.13. The van der Waals surface area contributed by atoms with Gasteiger partial charge in [0.15, 0.2) is 0 Å². The van der Waals surface area contributed by atoms with Crippen LogP contribution in [-0.4, -0.2) is 69.8 Å². The number of fused-ring (bicyclic) bond motifs is 1. The molecule has 0 spiro atoms. The number of benzene rings is 2. The monoisotopic (exact) mass is 552 g/mol. The molecular weight excluding hydrogens is 520 g/mol. The minimum atomic E-state index is -0.254. The lowest BCUT2D eigenvalue weighted by molar-refractivity contribution is 0.108. The number of amides is 2. The molecule has 1 aliphatic rings. The summed E-state index contributed by atoms with van der Waals surface area (Å²) in [6.07, 6.45) is 1.99. The Morgan fingerprint density at radius 3 is 2.61 bits per heavy atom. The van der Waals surface area contributed by atoms with Crippen LogP contribution in [0.15, 0.2) is 54.0 Å². The molecule has 2 aromatic heterocycles. The second-order valence-electron chi connectivity index (χ2n) is 9.48. The van der Waals surface area contributed by atoms with Crippen LogP contribution in [0.5, 0.6) is 0 Å². The first kappa shape index (κ1) is 26.6. The van der Waals surface area contributed by atoms with Crippen molar-refractivity contribution < 1.29 is 9.90 Å². The first-order valence-corrected chi connectivity index (χ1v) is 14.2. The van der Waals surface area contributed by atoms with Gasteiger partial charge in [-0.15, -0.1) is 11.3 Å². The molecule has 4 aromatic rings. The summed E-state index contributed by atoms with van der Waals surface area (Å²) in [6.45, 7) is 9.03. The van der Waals surface area contributed by atoms with Gasteiger partial charge < -0.3 is 20.3 Å². The van der Waals surface area contributed by atoms with Crippen LogP contribution in [0, 0.1) is 0 Å². The fraction of sp³-hybridized carbons (Fsp3) is 0.357. The third-order valence-electron chi connectivity index (χ3n) is 6.90. The van der Waals surface area contributed by atoms with Gasteiger partial charge in [-0.2, -0.15) is 0 Å². The highest BCUT2D eigenvalue weighted by atomic mass is 35.5. The molecule has 1 saturated heterocycles. The second-order valence-corrected chi connectivity index (χ2v) is 10.8. The highest BCUT2D eigenvalue weighted by Crippen LogP contribution is 2.32. The minimum absolute atomic E-state index is 0.215. The van der Waals surface area contributed by atoms with Gasteiger partial charge in [-0.05, 0) is 42.8 Å². The number of anilines is 1. The zero-order valence-corrected chi connectivity index (χ0v) is 23.1. The first-order valence-electron chi connectivity index (χ1n) is 12.9. The Kier molecular flexibility index (Phi) is 8.61. The number of hydrogen-bond donors (Lipinski definition) is 3. The van der Waals surface area contributed by atoms with Gasteiger partial charge in [-0.3, -0.25) is 9.80 Å². The average molecular weight is 553 g/mol. The van der Waals surface area contributed by atoms with Crippen molar-refractivity contribution in [3.8, 4) is 10.6 Å². The summed E-state index contributed by atoms with van der Waals surface area (Å²) < 4.78 is 2.14. The van der Waals surface area contributed by atoms with E-state index in [9.17, 15) is 4.79 Å². The predicted molar refractivity (Wildman–Crippen MR) is 155 cm³/mol. The average Bonchev–Trinajstić information content (AvgIpc) is 3.54. The molecule has 0 saturated carbocycles. The van der Waals surface area contributed by atoms with Crippen LogP contribution in [0.1, 0.15) is 18.2 Å². The van der Waals surface area contributed by atoms with Crippen molar-refractivity contribution in [2.45, 2.75) is 26.6 Å². The van der Waals surface area contributed by atoms with Crippen LogP contribution >= 0.6 is 22.9 Å². The molecule has 0 atom stereocenters. The number of halogens is 1. The van der Waals surface area contributed by atoms with Crippen molar-refractivity contribution in [1.29, 1.82) is 0 Å². The first-order chi connectivity index (χ1) is 18.5. The number of aromatic nitrogens is 2. The summed E-state index contributed by atoms with van der Waals surface area (Å²) in [5.41, 5.74) is 4.94. The van der Waals surface area contributed by atoms with Crippen LogP contribution in [0.25, 0.3) is 21.5 Å². The normalized spacial score (nSPS) is 14.7. The number of aliphatic hydroxyl groups is 1. The highest BCUT2D eigenvalue weighted by Gasteiger charge is 2.18. The van der Waals surface area contributed by atoms with Gasteiger partial charge in [0.1, 0.15) is 5.01 Å². The number of nitrogens with zero attached hydrogens (tertiary/aromatic N) is 4. The number of piperazine rings is 1. The van der Waals surface area contributed by atoms with Gasteiger partial charge >= 0.3 is 6.03 Å². The van der Waals surface area contributed by atoms with Gasteiger partial charge in [0.25, 0.3) is 0 Å². The van der Waals surface area contributed by atoms with Crippen molar-refractivity contribution in [2.75, 3.05) is 44.6 Å². The number of carbonyl (C=O) groups excluding carboxylic acids is 1. The smallest absolute Gasteiger partial charge is 0.319 e. The van der Waals surface area contributed by atoms with Crippen LogP contribution in [0.2, 0.25) is 5.02 Å². The van der Waals surface area contributed by atoms with E-state index in [1.165, 1.54) is 0 Å². The maximum Gasteiger partial charge on any atom is 0.319 e. The van der Waals surface area contributed by atoms with Gasteiger partial charge in [0.05, 0.1) is 23.5 Å². The van der Waals surface area contributed by atoms with Gasteiger partial charge in [-0.1, -0.05) is 23.7 Å². The fourth-order valence-corrected chi connectivity index (χ4v) is 5.73. The molecule has 2 aromatic carbocycles. The summed E-state index contributed by atoms with van der Waals surface area (Å²) in [5.74, 6) is 0. The number of thiazole rings is 1. The summed E-state index contributed by atoms with van der Waals surface area (Å²) in [6, 6.07) is 13.5. The molecular formula is C28H33ClN6O2S. The predicted octanol–water partition coefficient (Wildman–Crippen LogP) is 4.87. The Morgan fingerprint density at radius 1 is 1.11 bits per heavy atom. The third kappa shape index (κ3) is 6.36. The number of aliphatic hydroxyl groups excluding tert-OH is 1. The molecule has 1 aliphatic heterocycles. The van der Waals surface area contributed by atoms with E-state index in [1.807, 2.05) is 30.5 Å². The second kappa shape index (κ2) is 12.3. The zero-order valence-electron chi connectivity index (χ0n) is 21.5. The largest absolute Gasteiger partial charge is 0.395 e. The number of aryl methyl sites for hydroxylation is 1. The summed E-state index contributed by atoms with van der Waals surface area (Å²) in [7, 11) is 0. The van der Waals surface area contributed by atoms with E-state index >= 15 is 0 Å². The zero-order chi connectivity index (χ0) is 26.5. The molecule has 2 amide bonds. The Labute approximate surface area is 231 Å². The number of β-amino-alcohol motifs (C(OH)–C–C–N with tert-alkyl or cyclic N) is 1. The topological polar surface area (TPSA) is 85.7 Å². The number of hydrogen-bond acceptors (Lipinski definition) is 6. The lowest BCUT2D eigenvalue weighted by Crippen LogP contribution is -2.46. The van der Waals surface area contributed by atoms with E-state index in [1.54, 1.807) is 11.3 Å². The van der Waals surface area contributed by atoms with Gasteiger partial charge in [-0.25, -0.2) is 9.78 Å². The quantitative estimate of drug-likeness (QED) is 0.276. The SMILES string of the molecule is CCn1cc(NC(=O)NCc2ccc(Cl)cc2)c2cc(-c3nc(CN4CCN(CCO)CC4)cs3)ccc21. The van der Waals surface area contributed by atoms with E-state index in [0.29, 0.717) is 11.6 Å². The van der Waals surface area contributed by atoms with E-state index in [-0.39, 0.29) is 12.6 Å². The van der Waals surface area contributed by atoms with Crippen molar-refractivity contribution >= 4 is 45.6 Å². The minimum Gasteiger partial charge on any atom is -0.395 e. The molecule has 0 bridgehead atoms. The number of carbonyl (C=O) groups is 1. The van der Waals surface area contributed by atoms with Crippen LogP contribution < -0.4 is 10.6 Å². The molecule has 3 N–H and O–H groups in total. The molecule has 1 fully saturated rings. The molecule has 200 valence electrons. The number of rotatable bonds is 9. The maximum absolute atomic E-state index is 12.7. The lowest BCUT2D eigenvalue weighted by atomic mass is 10.1. The molecule has 0 radical (unpaired) electrons. The lowest BCUT2D eigenvalue weighted by Gasteiger charge is -2.33. The molecule has 0 aliphatic carbocycles. The Balaban J connectivity index is 1.27. The molecule has 5 rings (SSSR count). The van der Waals surface area contributed by atoms with Gasteiger partial charge in [0.2, 0.25) is 0 Å². The summed E-state index contributed by atoms with van der Waals surface area (Å²) >= 11 is 7.60. The third-order valence-corrected chi connectivity index (χ3v) is 8.09. The number of urea groups is 1. The summed E-state index contributed by atoms with van der Waals surface area (Å²) in [4.78, 5) is 22.4. The fourth-order valence-electron chi connectivity index (χ4n) is 4.80. The van der Waals surface area contributed by atoms with E-state index < -0.39 is 0 Å². The van der Waals surface area contributed by atoms with Crippen LogP contribution in [0.3, 0.4) is 0 Å². The van der Waals surface area contributed by atoms with Crippen molar-refractivity contribution in [1.82, 2.24) is 24.7 Å². The van der Waals surface area contributed by atoms with Crippen LogP contribution in [0.4, 0.5) is 10.5 Å². The van der Waals surface area contributed by atoms with E-state index in [2.05, 4.69) is 55.5 Å². The van der Waals surface area contributed by atoms with E-state index in [4.69, 9.17) is 21.7 Å². The molecule has 10 heteroatoms. The summed E-state index contributed by atoms with van der Waals surface area (Å²) in [5, 5.41) is 19.9.